The minimum atomic E-state index is 0.853. The summed E-state index contributed by atoms with van der Waals surface area (Å²) >= 11 is 1.59. The summed E-state index contributed by atoms with van der Waals surface area (Å²) in [6.07, 6.45) is 0. The van der Waals surface area contributed by atoms with E-state index in [4.69, 9.17) is 4.74 Å². The van der Waals surface area contributed by atoms with Gasteiger partial charge in [0, 0.05) is 18.0 Å². The summed E-state index contributed by atoms with van der Waals surface area (Å²) < 4.78 is 5.17. The van der Waals surface area contributed by atoms with Crippen LogP contribution >= 0.6 is 11.3 Å². The predicted molar refractivity (Wildman–Crippen MR) is 63.6 cm³/mol. The van der Waals surface area contributed by atoms with Crippen molar-refractivity contribution < 1.29 is 4.74 Å². The number of methoxy groups -OCH3 is 1. The third-order valence-electron chi connectivity index (χ3n) is 2.08. The smallest absolute Gasteiger partial charge is 0.182 e. The molecule has 0 aliphatic heterocycles. The topological polar surface area (TPSA) is 34.2 Å². The number of anilines is 1. The molecule has 2 rings (SSSR count). The monoisotopic (exact) mass is 220 g/mol. The number of hydrogen-bond donors (Lipinski definition) is 1. The first kappa shape index (κ1) is 9.98. The van der Waals surface area contributed by atoms with Crippen molar-refractivity contribution in [3.8, 4) is 17.0 Å². The Kier molecular flexibility index (Phi) is 2.87. The quantitative estimate of drug-likeness (QED) is 0.863. The SMILES string of the molecule is CNc1nc(-c2cccc(OC)c2)cs1. The molecule has 1 aromatic carbocycles. The summed E-state index contributed by atoms with van der Waals surface area (Å²) in [5.41, 5.74) is 2.05. The van der Waals surface area contributed by atoms with Crippen molar-refractivity contribution in [2.45, 2.75) is 0 Å². The van der Waals surface area contributed by atoms with E-state index in [1.54, 1.807) is 18.4 Å². The number of nitrogens with one attached hydrogen (secondary N) is 1. The highest BCUT2D eigenvalue weighted by molar-refractivity contribution is 7.14. The second-order valence-corrected chi connectivity index (χ2v) is 3.88. The highest BCUT2D eigenvalue weighted by atomic mass is 32.1. The summed E-state index contributed by atoms with van der Waals surface area (Å²) in [5, 5.41) is 5.97. The lowest BCUT2D eigenvalue weighted by molar-refractivity contribution is 0.415. The van der Waals surface area contributed by atoms with Crippen LogP contribution in [0, 0.1) is 0 Å². The zero-order valence-electron chi connectivity index (χ0n) is 8.65. The maximum atomic E-state index is 5.17. The number of thiazole rings is 1. The molecule has 0 amide bonds. The Morgan fingerprint density at radius 2 is 2.27 bits per heavy atom. The average Bonchev–Trinajstić information content (AvgIpc) is 2.78. The van der Waals surface area contributed by atoms with Gasteiger partial charge in [0.15, 0.2) is 5.13 Å². The van der Waals surface area contributed by atoms with Gasteiger partial charge in [-0.25, -0.2) is 4.98 Å². The fourth-order valence-corrected chi connectivity index (χ4v) is 1.98. The fourth-order valence-electron chi connectivity index (χ4n) is 1.30. The molecular formula is C11H12N2OS. The number of hydrogen-bond acceptors (Lipinski definition) is 4. The van der Waals surface area contributed by atoms with Gasteiger partial charge in [-0.05, 0) is 12.1 Å². The van der Waals surface area contributed by atoms with Crippen molar-refractivity contribution in [1.29, 1.82) is 0 Å². The molecule has 2 aromatic rings. The van der Waals surface area contributed by atoms with Crippen LogP contribution in [0.4, 0.5) is 5.13 Å². The third kappa shape index (κ3) is 2.10. The normalized spacial score (nSPS) is 10.0. The van der Waals surface area contributed by atoms with Gasteiger partial charge in [0.1, 0.15) is 5.75 Å². The predicted octanol–water partition coefficient (Wildman–Crippen LogP) is 2.86. The van der Waals surface area contributed by atoms with Crippen LogP contribution in [0.1, 0.15) is 0 Å². The van der Waals surface area contributed by atoms with Gasteiger partial charge in [0.25, 0.3) is 0 Å². The summed E-state index contributed by atoms with van der Waals surface area (Å²) in [5.74, 6) is 0.853. The number of nitrogens with zero attached hydrogens (tertiary/aromatic N) is 1. The van der Waals surface area contributed by atoms with Crippen molar-refractivity contribution >= 4 is 16.5 Å². The molecule has 0 spiro atoms. The van der Waals surface area contributed by atoms with E-state index in [1.165, 1.54) is 0 Å². The standard InChI is InChI=1S/C11H12N2OS/c1-12-11-13-10(7-15-11)8-4-3-5-9(6-8)14-2/h3-7H,1-2H3,(H,12,13). The molecule has 0 bridgehead atoms. The minimum absolute atomic E-state index is 0.853. The van der Waals surface area contributed by atoms with E-state index in [0.717, 1.165) is 22.1 Å². The zero-order valence-corrected chi connectivity index (χ0v) is 9.47. The van der Waals surface area contributed by atoms with Crippen molar-refractivity contribution in [3.05, 3.63) is 29.6 Å². The van der Waals surface area contributed by atoms with Crippen molar-refractivity contribution in [3.63, 3.8) is 0 Å². The molecule has 0 aliphatic carbocycles. The molecular weight excluding hydrogens is 208 g/mol. The molecule has 3 nitrogen and oxygen atoms in total. The molecule has 0 radical (unpaired) electrons. The second-order valence-electron chi connectivity index (χ2n) is 3.02. The van der Waals surface area contributed by atoms with Gasteiger partial charge in [-0.3, -0.25) is 0 Å². The number of benzene rings is 1. The van der Waals surface area contributed by atoms with E-state index in [0.29, 0.717) is 0 Å². The fraction of sp³-hybridized carbons (Fsp3) is 0.182. The lowest BCUT2D eigenvalue weighted by Crippen LogP contribution is -1.87. The van der Waals surface area contributed by atoms with Crippen LogP contribution in [-0.4, -0.2) is 19.1 Å². The van der Waals surface area contributed by atoms with Crippen LogP contribution in [-0.2, 0) is 0 Å². The maximum absolute atomic E-state index is 5.17. The van der Waals surface area contributed by atoms with Gasteiger partial charge in [0.05, 0.1) is 12.8 Å². The largest absolute Gasteiger partial charge is 0.497 e. The van der Waals surface area contributed by atoms with Crippen LogP contribution in [0.15, 0.2) is 29.6 Å². The summed E-state index contributed by atoms with van der Waals surface area (Å²) in [4.78, 5) is 4.43. The van der Waals surface area contributed by atoms with Crippen LogP contribution in [0.5, 0.6) is 5.75 Å². The van der Waals surface area contributed by atoms with E-state index in [2.05, 4.69) is 10.3 Å². The Hall–Kier alpha value is -1.55. The molecule has 0 fully saturated rings. The first-order valence-corrected chi connectivity index (χ1v) is 5.49. The third-order valence-corrected chi connectivity index (χ3v) is 2.94. The molecule has 0 saturated carbocycles. The Morgan fingerprint density at radius 3 is 2.93 bits per heavy atom. The highest BCUT2D eigenvalue weighted by Gasteiger charge is 2.03. The Labute approximate surface area is 92.7 Å². The Bertz CT molecular complexity index is 453. The summed E-state index contributed by atoms with van der Waals surface area (Å²) in [7, 11) is 3.54. The van der Waals surface area contributed by atoms with E-state index < -0.39 is 0 Å². The molecule has 4 heteroatoms. The first-order valence-electron chi connectivity index (χ1n) is 4.61. The van der Waals surface area contributed by atoms with Crippen molar-refractivity contribution in [1.82, 2.24) is 4.98 Å². The summed E-state index contributed by atoms with van der Waals surface area (Å²) in [6, 6.07) is 7.90. The highest BCUT2D eigenvalue weighted by Crippen LogP contribution is 2.26. The lowest BCUT2D eigenvalue weighted by Gasteiger charge is -2.01. The summed E-state index contributed by atoms with van der Waals surface area (Å²) in [6.45, 7) is 0. The van der Waals surface area contributed by atoms with E-state index >= 15 is 0 Å². The van der Waals surface area contributed by atoms with Crippen LogP contribution in [0.25, 0.3) is 11.3 Å². The Morgan fingerprint density at radius 1 is 1.40 bits per heavy atom. The molecule has 0 aliphatic rings. The molecule has 1 N–H and O–H groups in total. The number of aromatic nitrogens is 1. The molecule has 1 aromatic heterocycles. The van der Waals surface area contributed by atoms with Gasteiger partial charge in [-0.2, -0.15) is 0 Å². The molecule has 1 heterocycles. The van der Waals surface area contributed by atoms with Crippen molar-refractivity contribution in [2.24, 2.45) is 0 Å². The molecule has 78 valence electrons. The minimum Gasteiger partial charge on any atom is -0.497 e. The van der Waals surface area contributed by atoms with Crippen molar-refractivity contribution in [2.75, 3.05) is 19.5 Å². The van der Waals surface area contributed by atoms with E-state index in [-0.39, 0.29) is 0 Å². The molecule has 0 atom stereocenters. The molecule has 15 heavy (non-hydrogen) atoms. The van der Waals surface area contributed by atoms with Gasteiger partial charge < -0.3 is 10.1 Å². The van der Waals surface area contributed by atoms with Crippen LogP contribution < -0.4 is 10.1 Å². The number of rotatable bonds is 3. The lowest BCUT2D eigenvalue weighted by atomic mass is 10.2. The van der Waals surface area contributed by atoms with Crippen LogP contribution in [0.2, 0.25) is 0 Å². The maximum Gasteiger partial charge on any atom is 0.182 e. The first-order chi connectivity index (χ1) is 7.33. The van der Waals surface area contributed by atoms with Gasteiger partial charge in [-0.1, -0.05) is 12.1 Å². The van der Waals surface area contributed by atoms with Crippen LogP contribution in [0.3, 0.4) is 0 Å². The van der Waals surface area contributed by atoms with Gasteiger partial charge in [0.2, 0.25) is 0 Å². The number of ether oxygens (including phenoxy) is 1. The zero-order chi connectivity index (χ0) is 10.7. The van der Waals surface area contributed by atoms with Gasteiger partial charge in [-0.15, -0.1) is 11.3 Å². The average molecular weight is 220 g/mol. The van der Waals surface area contributed by atoms with E-state index in [1.807, 2.05) is 36.7 Å². The Balaban J connectivity index is 2.35. The van der Waals surface area contributed by atoms with E-state index in [9.17, 15) is 0 Å². The second kappa shape index (κ2) is 4.31. The van der Waals surface area contributed by atoms with Gasteiger partial charge >= 0.3 is 0 Å². The molecule has 0 saturated heterocycles. The molecule has 0 unspecified atom stereocenters.